The van der Waals surface area contributed by atoms with Gasteiger partial charge in [0.1, 0.15) is 5.17 Å². The molecule has 2 atom stereocenters. The van der Waals surface area contributed by atoms with Crippen LogP contribution in [-0.2, 0) is 11.2 Å². The summed E-state index contributed by atoms with van der Waals surface area (Å²) in [5.41, 5.74) is 9.49. The van der Waals surface area contributed by atoms with Gasteiger partial charge in [-0.2, -0.15) is 20.4 Å². The van der Waals surface area contributed by atoms with Crippen LogP contribution >= 0.6 is 58.8 Å². The topological polar surface area (TPSA) is 216 Å². The highest BCUT2D eigenvalue weighted by Gasteiger charge is 2.29. The Morgan fingerprint density at radius 3 is 1.49 bits per heavy atom. The Kier molecular flexibility index (Phi) is 40.5. The first-order valence-electron chi connectivity index (χ1n) is 25.1. The number of hydrogen-bond acceptors (Lipinski definition) is 14. The molecule has 0 radical (unpaired) electrons. The Hall–Kier alpha value is -8.69. The van der Waals surface area contributed by atoms with E-state index in [1.54, 1.807) is 91.8 Å². The van der Waals surface area contributed by atoms with Gasteiger partial charge in [-0.1, -0.05) is 116 Å². The molecule has 464 valence electrons. The van der Waals surface area contributed by atoms with E-state index in [1.165, 1.54) is 22.5 Å². The van der Waals surface area contributed by atoms with Gasteiger partial charge in [0.05, 0.1) is 77.9 Å². The van der Waals surface area contributed by atoms with Crippen LogP contribution in [0.2, 0.25) is 15.5 Å². The Morgan fingerprint density at radius 2 is 1.09 bits per heavy atom. The lowest BCUT2D eigenvalue weighted by Crippen LogP contribution is -2.38. The minimum atomic E-state index is -1.08. The summed E-state index contributed by atoms with van der Waals surface area (Å²) in [5, 5.41) is 30.9. The number of amides is 1. The summed E-state index contributed by atoms with van der Waals surface area (Å²) in [6, 6.07) is 28.2. The Labute approximate surface area is 539 Å². The van der Waals surface area contributed by atoms with Crippen molar-refractivity contribution in [3.8, 4) is 41.2 Å². The van der Waals surface area contributed by atoms with Gasteiger partial charge in [-0.05, 0) is 129 Å². The summed E-state index contributed by atoms with van der Waals surface area (Å²) in [5.74, 6) is 6.08. The molecule has 0 saturated carbocycles. The molecule has 0 bridgehead atoms. The van der Waals surface area contributed by atoms with Crippen molar-refractivity contribution in [2.45, 2.75) is 116 Å². The van der Waals surface area contributed by atoms with Crippen LogP contribution in [-0.4, -0.2) is 93.5 Å². The molecule has 9 aromatic heterocycles. The second-order valence-corrected chi connectivity index (χ2v) is 18.3. The van der Waals surface area contributed by atoms with Gasteiger partial charge in [0.2, 0.25) is 5.91 Å². The van der Waals surface area contributed by atoms with E-state index in [9.17, 15) is 9.59 Å². The quantitative estimate of drug-likeness (QED) is 0.129. The molecule has 0 spiro atoms. The van der Waals surface area contributed by atoms with Gasteiger partial charge in [-0.3, -0.25) is 50.1 Å². The monoisotopic (exact) mass is 1280 g/mol. The number of pyridine rings is 6. The molecule has 87 heavy (non-hydrogen) atoms. The minimum Gasteiger partial charge on any atom is -0.477 e. The fourth-order valence-electron chi connectivity index (χ4n) is 7.25. The molecule has 0 aliphatic carbocycles. The lowest BCUT2D eigenvalue weighted by atomic mass is 10.1. The van der Waals surface area contributed by atoms with Crippen LogP contribution in [0.25, 0.3) is 17.1 Å². The SMILES string of the molecule is C.C.C.C.C.C#CC#CC.CCC1CC(=O)NN1c1cccnc1.CCC1CC(Cl)=NN1c1cccnc1.CCc1cc(Cl)nn1-c1cccnc1.Cc1cccnc1.Cl.Clc1ccn(-c2cccnc2)n1.O=C(O)c1cc(Cl)nn1-c1cccnc1. The fourth-order valence-corrected chi connectivity index (χ4v) is 8.03. The maximum absolute atomic E-state index is 11.2. The molecule has 1 fully saturated rings. The number of nitrogens with one attached hydrogen (secondary N) is 1. The second kappa shape index (κ2) is 43.9. The number of anilines is 2. The minimum absolute atomic E-state index is 0. The number of nitrogens with zero attached hydrogens (tertiary/aromatic N) is 15. The number of hydrazine groups is 1. The molecule has 2 aliphatic rings. The van der Waals surface area contributed by atoms with Gasteiger partial charge in [-0.25, -0.2) is 18.8 Å². The van der Waals surface area contributed by atoms with E-state index in [2.05, 4.69) is 94.3 Å². The third-order valence-electron chi connectivity index (χ3n) is 11.0. The number of carboxylic acids is 1. The number of halogens is 5. The Morgan fingerprint density at radius 1 is 0.621 bits per heavy atom. The van der Waals surface area contributed by atoms with Crippen molar-refractivity contribution >= 4 is 87.2 Å². The molecule has 1 amide bonds. The number of hydrazone groups is 1. The van der Waals surface area contributed by atoms with E-state index in [-0.39, 0.29) is 72.3 Å². The van der Waals surface area contributed by atoms with E-state index in [1.807, 2.05) is 101 Å². The zero-order valence-corrected chi connectivity index (χ0v) is 49.2. The van der Waals surface area contributed by atoms with Gasteiger partial charge < -0.3 is 5.11 Å². The number of aryl methyl sites for hydroxylation is 2. The molecule has 2 aliphatic heterocycles. The van der Waals surface area contributed by atoms with Crippen LogP contribution in [0.1, 0.15) is 112 Å². The van der Waals surface area contributed by atoms with Crippen molar-refractivity contribution < 1.29 is 14.7 Å². The van der Waals surface area contributed by atoms with Crippen LogP contribution < -0.4 is 15.4 Å². The maximum Gasteiger partial charge on any atom is 0.354 e. The number of aromatic carboxylic acids is 1. The molecule has 19 nitrogen and oxygen atoms in total. The first-order chi connectivity index (χ1) is 39.3. The Balaban J connectivity index is 0. The average molecular weight is 1290 g/mol. The largest absolute Gasteiger partial charge is 0.477 e. The van der Waals surface area contributed by atoms with Crippen LogP contribution in [0.3, 0.4) is 0 Å². The third kappa shape index (κ3) is 26.6. The van der Waals surface area contributed by atoms with Gasteiger partial charge >= 0.3 is 5.97 Å². The van der Waals surface area contributed by atoms with Gasteiger partial charge in [0.25, 0.3) is 0 Å². The number of aromatic nitrogens is 12. The van der Waals surface area contributed by atoms with Crippen molar-refractivity contribution in [3.63, 3.8) is 0 Å². The summed E-state index contributed by atoms with van der Waals surface area (Å²) >= 11 is 23.1. The standard InChI is InChI=1S/C10H12ClN3.C10H10ClN3.C10H13N3O.C9H6ClN3O2.C8H6ClN3.C6H7N.C5H4.5CH4.ClH/c2*1-2-8-6-10(11)13-14(8)9-4-3-5-12-7-9;1-2-8-6-10(14)12-13(8)9-4-3-5-11-7-9;10-8-4-7(9(14)15)13(12-8)6-2-1-3-11-5-6;9-8-3-5-12(11-8)7-2-1-4-10-6-7;1-6-3-2-4-7-5-6;1-3-5-4-2;;;;;;/h3-5,7-8H,2,6H2,1H3;3-7H,2H2,1H3;3-5,7-8H,2,6H2,1H3,(H,12,14);1-5H,(H,14,15);1-6H;2-5H,1H3;1H,2H3;5*1H4;1H. The molecular weight excluding hydrogens is 1210 g/mol. The molecule has 11 heterocycles. The molecule has 2 unspecified atom stereocenters. The van der Waals surface area contributed by atoms with E-state index in [0.717, 1.165) is 54.1 Å². The van der Waals surface area contributed by atoms with E-state index in [0.29, 0.717) is 33.6 Å². The summed E-state index contributed by atoms with van der Waals surface area (Å²) in [7, 11) is 0. The zero-order valence-electron chi connectivity index (χ0n) is 45.3. The molecule has 2 N–H and O–H groups in total. The highest BCUT2D eigenvalue weighted by atomic mass is 35.5. The number of hydrogen-bond donors (Lipinski definition) is 2. The molecule has 0 aromatic carbocycles. The molecule has 11 rings (SSSR count). The summed E-state index contributed by atoms with van der Waals surface area (Å²) in [6.45, 7) is 10.0. The fraction of sp³-hybridized carbons (Fsp3) is 0.270. The highest BCUT2D eigenvalue weighted by Crippen LogP contribution is 2.27. The predicted octanol–water partition coefficient (Wildman–Crippen LogP) is 15.4. The third-order valence-corrected chi connectivity index (χ3v) is 11.8. The Bertz CT molecular complexity index is 3440. The number of rotatable bonds is 9. The summed E-state index contributed by atoms with van der Waals surface area (Å²) < 4.78 is 4.72. The second-order valence-electron chi connectivity index (χ2n) is 16.7. The predicted molar refractivity (Wildman–Crippen MR) is 360 cm³/mol. The first kappa shape index (κ1) is 80.4. The maximum atomic E-state index is 11.2. The van der Waals surface area contributed by atoms with E-state index in [4.69, 9.17) is 57.9 Å². The van der Waals surface area contributed by atoms with Crippen LogP contribution in [0, 0.1) is 31.1 Å². The van der Waals surface area contributed by atoms with E-state index < -0.39 is 5.97 Å². The molecule has 1 saturated heterocycles. The van der Waals surface area contributed by atoms with Crippen molar-refractivity contribution in [2.24, 2.45) is 5.10 Å². The van der Waals surface area contributed by atoms with Crippen molar-refractivity contribution in [1.29, 1.82) is 0 Å². The lowest BCUT2D eigenvalue weighted by Gasteiger charge is -2.23. The van der Waals surface area contributed by atoms with Crippen molar-refractivity contribution in [1.82, 2.24) is 64.7 Å². The summed E-state index contributed by atoms with van der Waals surface area (Å²) in [6.07, 6.45) is 31.5. The number of terminal acetylenes is 1. The normalized spacial score (nSPS) is 12.5. The van der Waals surface area contributed by atoms with Crippen molar-refractivity contribution in [3.05, 3.63) is 204 Å². The lowest BCUT2D eigenvalue weighted by molar-refractivity contribution is -0.119. The number of carboxylic acid groups (broad SMARTS) is 1. The highest BCUT2D eigenvalue weighted by molar-refractivity contribution is 6.65. The van der Waals surface area contributed by atoms with Gasteiger partial charge in [0.15, 0.2) is 21.2 Å². The van der Waals surface area contributed by atoms with Crippen LogP contribution in [0.15, 0.2) is 177 Å². The van der Waals surface area contributed by atoms with E-state index >= 15 is 0 Å². The molecule has 24 heteroatoms. The van der Waals surface area contributed by atoms with Crippen LogP contribution in [0.4, 0.5) is 11.4 Å². The summed E-state index contributed by atoms with van der Waals surface area (Å²) in [4.78, 5) is 46.0. The van der Waals surface area contributed by atoms with Gasteiger partial charge in [0, 0.05) is 67.8 Å². The van der Waals surface area contributed by atoms with Crippen LogP contribution in [0.5, 0.6) is 0 Å². The van der Waals surface area contributed by atoms with Gasteiger partial charge in [-0.15, -0.1) is 18.8 Å². The first-order valence-corrected chi connectivity index (χ1v) is 26.6. The number of carbonyl (C=O) groups is 2. The smallest absolute Gasteiger partial charge is 0.354 e. The molecular formula is C63H79Cl5N16O3. The number of carbonyl (C=O) groups excluding carboxylic acids is 1. The molecule has 9 aromatic rings. The zero-order chi connectivity index (χ0) is 58.4. The van der Waals surface area contributed by atoms with Crippen molar-refractivity contribution in [2.75, 3.05) is 10.0 Å². The average Bonchev–Trinajstić information content (AvgIpc) is 3.08.